The van der Waals surface area contributed by atoms with Crippen molar-refractivity contribution in [2.75, 3.05) is 9.80 Å². The number of carbonyl (C=O) groups excluding carboxylic acids is 2. The van der Waals surface area contributed by atoms with Gasteiger partial charge in [-0.05, 0) is 76.2 Å². The minimum absolute atomic E-state index is 0.0334. The maximum absolute atomic E-state index is 13.3. The van der Waals surface area contributed by atoms with Crippen LogP contribution in [0.4, 0.5) is 11.4 Å². The van der Waals surface area contributed by atoms with E-state index in [1.165, 1.54) is 21.9 Å². The third kappa shape index (κ3) is 3.65. The first-order valence-electron chi connectivity index (χ1n) is 9.00. The second kappa shape index (κ2) is 8.22. The van der Waals surface area contributed by atoms with Gasteiger partial charge in [0, 0.05) is 0 Å². The summed E-state index contributed by atoms with van der Waals surface area (Å²) in [6.07, 6.45) is 1.50. The zero-order chi connectivity index (χ0) is 21.3. The summed E-state index contributed by atoms with van der Waals surface area (Å²) in [7, 11) is 0. The van der Waals surface area contributed by atoms with Crippen molar-refractivity contribution in [2.24, 2.45) is 0 Å². The molecule has 5 nitrogen and oxygen atoms in total. The Hall–Kier alpha value is -3.29. The number of anilines is 2. The van der Waals surface area contributed by atoms with Gasteiger partial charge in [0.2, 0.25) is 0 Å². The number of nitrogens with zero attached hydrogens (tertiary/aromatic N) is 2. The fourth-order valence-corrected chi connectivity index (χ4v) is 3.89. The molecule has 1 aliphatic heterocycles. The fourth-order valence-electron chi connectivity index (χ4n) is 3.12. The predicted octanol–water partition coefficient (Wildman–Crippen LogP) is 4.90. The van der Waals surface area contributed by atoms with E-state index >= 15 is 0 Å². The lowest BCUT2D eigenvalue weighted by molar-refractivity contribution is -0.120. The van der Waals surface area contributed by atoms with E-state index in [1.54, 1.807) is 60.7 Å². The van der Waals surface area contributed by atoms with Gasteiger partial charge < -0.3 is 5.11 Å². The van der Waals surface area contributed by atoms with Gasteiger partial charge in [0.15, 0.2) is 5.11 Å². The molecule has 0 aromatic heterocycles. The van der Waals surface area contributed by atoms with Crippen LogP contribution in [0.5, 0.6) is 5.75 Å². The predicted molar refractivity (Wildman–Crippen MR) is 124 cm³/mol. The highest BCUT2D eigenvalue weighted by Crippen LogP contribution is 2.31. The number of amides is 2. The standard InChI is InChI=1S/C23H15BrN2O3S/c24-19-14-15(11-12-20(19)27)13-18-21(28)25(16-7-3-1-4-8-16)23(30)26(22(18)29)17-9-5-2-6-10-17/h1-14,27H. The van der Waals surface area contributed by atoms with E-state index in [4.69, 9.17) is 12.2 Å². The van der Waals surface area contributed by atoms with E-state index in [0.717, 1.165) is 0 Å². The number of thiocarbonyl (C=S) groups is 1. The molecule has 1 aliphatic rings. The van der Waals surface area contributed by atoms with Crippen molar-refractivity contribution in [3.8, 4) is 5.75 Å². The number of hydrogen-bond donors (Lipinski definition) is 1. The summed E-state index contributed by atoms with van der Waals surface area (Å²) in [4.78, 5) is 29.4. The van der Waals surface area contributed by atoms with Crippen LogP contribution < -0.4 is 9.80 Å². The Morgan fingerprint density at radius 2 is 1.30 bits per heavy atom. The van der Waals surface area contributed by atoms with E-state index in [1.807, 2.05) is 12.1 Å². The molecule has 0 atom stereocenters. The molecule has 0 unspecified atom stereocenters. The van der Waals surface area contributed by atoms with Crippen LogP contribution in [0.3, 0.4) is 0 Å². The van der Waals surface area contributed by atoms with E-state index in [0.29, 0.717) is 21.4 Å². The number of phenols is 1. The lowest BCUT2D eigenvalue weighted by Crippen LogP contribution is -2.56. The molecule has 4 rings (SSSR count). The Bertz CT molecular complexity index is 1120. The van der Waals surface area contributed by atoms with Crippen LogP contribution in [0.15, 0.2) is 88.9 Å². The number of hydrogen-bond acceptors (Lipinski definition) is 4. The second-order valence-electron chi connectivity index (χ2n) is 6.50. The summed E-state index contributed by atoms with van der Waals surface area (Å²) in [6.45, 7) is 0. The van der Waals surface area contributed by atoms with Crippen molar-refractivity contribution in [2.45, 2.75) is 0 Å². The zero-order valence-corrected chi connectivity index (χ0v) is 17.9. The van der Waals surface area contributed by atoms with Gasteiger partial charge >= 0.3 is 0 Å². The van der Waals surface area contributed by atoms with Gasteiger partial charge in [-0.2, -0.15) is 0 Å². The summed E-state index contributed by atoms with van der Waals surface area (Å²) in [5, 5.41) is 9.82. The maximum atomic E-state index is 13.3. The molecule has 0 saturated carbocycles. The van der Waals surface area contributed by atoms with E-state index in [2.05, 4.69) is 15.9 Å². The average molecular weight is 479 g/mol. The minimum Gasteiger partial charge on any atom is -0.507 e. The van der Waals surface area contributed by atoms with Crippen LogP contribution in [0.2, 0.25) is 0 Å². The van der Waals surface area contributed by atoms with Crippen LogP contribution in [0.1, 0.15) is 5.56 Å². The highest BCUT2D eigenvalue weighted by Gasteiger charge is 2.41. The zero-order valence-electron chi connectivity index (χ0n) is 15.5. The SMILES string of the molecule is O=C1C(=Cc2ccc(O)c(Br)c2)C(=O)N(c2ccccc2)C(=S)N1c1ccccc1. The number of phenolic OH excluding ortho intramolecular Hbond substituents is 1. The van der Waals surface area contributed by atoms with Crippen LogP contribution in [0.25, 0.3) is 6.08 Å². The Morgan fingerprint density at radius 1 is 0.800 bits per heavy atom. The second-order valence-corrected chi connectivity index (χ2v) is 7.72. The first-order valence-corrected chi connectivity index (χ1v) is 10.2. The van der Waals surface area contributed by atoms with Gasteiger partial charge in [0.1, 0.15) is 11.3 Å². The lowest BCUT2D eigenvalue weighted by atomic mass is 10.0. The molecule has 1 saturated heterocycles. The highest BCUT2D eigenvalue weighted by atomic mass is 79.9. The molecular formula is C23H15BrN2O3S. The first kappa shape index (κ1) is 20.0. The molecule has 30 heavy (non-hydrogen) atoms. The van der Waals surface area contributed by atoms with Crippen LogP contribution >= 0.6 is 28.1 Å². The number of carbonyl (C=O) groups is 2. The third-order valence-corrected chi connectivity index (χ3v) is 5.56. The first-order chi connectivity index (χ1) is 14.5. The summed E-state index contributed by atoms with van der Waals surface area (Å²) >= 11 is 8.82. The summed E-state index contributed by atoms with van der Waals surface area (Å²) in [5.74, 6) is -0.948. The van der Waals surface area contributed by atoms with E-state index < -0.39 is 11.8 Å². The number of benzene rings is 3. The molecule has 0 spiro atoms. The number of aromatic hydroxyl groups is 1. The molecule has 7 heteroatoms. The molecule has 2 amide bonds. The Morgan fingerprint density at radius 3 is 1.77 bits per heavy atom. The Balaban J connectivity index is 1.87. The quantitative estimate of drug-likeness (QED) is 0.330. The largest absolute Gasteiger partial charge is 0.507 e. The van der Waals surface area contributed by atoms with Gasteiger partial charge in [-0.1, -0.05) is 42.5 Å². The third-order valence-electron chi connectivity index (χ3n) is 4.56. The molecule has 0 aliphatic carbocycles. The van der Waals surface area contributed by atoms with Crippen molar-refractivity contribution in [3.63, 3.8) is 0 Å². The molecular weight excluding hydrogens is 464 g/mol. The van der Waals surface area contributed by atoms with Crippen molar-refractivity contribution >= 4 is 62.5 Å². The highest BCUT2D eigenvalue weighted by molar-refractivity contribution is 9.10. The molecule has 3 aromatic rings. The molecule has 1 heterocycles. The van der Waals surface area contributed by atoms with Gasteiger partial charge in [-0.25, -0.2) is 0 Å². The van der Waals surface area contributed by atoms with Gasteiger partial charge in [0.05, 0.1) is 15.8 Å². The monoisotopic (exact) mass is 478 g/mol. The minimum atomic E-state index is -0.507. The van der Waals surface area contributed by atoms with Gasteiger partial charge in [-0.15, -0.1) is 0 Å². The van der Waals surface area contributed by atoms with E-state index in [9.17, 15) is 14.7 Å². The lowest BCUT2D eigenvalue weighted by Gasteiger charge is -2.36. The van der Waals surface area contributed by atoms with Crippen LogP contribution in [-0.4, -0.2) is 22.0 Å². The smallest absolute Gasteiger partial charge is 0.270 e. The van der Waals surface area contributed by atoms with Crippen molar-refractivity contribution in [1.29, 1.82) is 0 Å². The molecule has 0 radical (unpaired) electrons. The molecule has 148 valence electrons. The Kier molecular flexibility index (Phi) is 5.48. The topological polar surface area (TPSA) is 60.9 Å². The number of para-hydroxylation sites is 2. The summed E-state index contributed by atoms with van der Waals surface area (Å²) in [6, 6.07) is 22.7. The average Bonchev–Trinajstić information content (AvgIpc) is 2.75. The number of rotatable bonds is 3. The summed E-state index contributed by atoms with van der Waals surface area (Å²) < 4.78 is 0.461. The van der Waals surface area contributed by atoms with Crippen molar-refractivity contribution in [3.05, 3.63) is 94.5 Å². The normalized spacial score (nSPS) is 14.3. The van der Waals surface area contributed by atoms with Gasteiger partial charge in [0.25, 0.3) is 11.8 Å². The van der Waals surface area contributed by atoms with Gasteiger partial charge in [-0.3, -0.25) is 19.4 Å². The molecule has 1 N–H and O–H groups in total. The van der Waals surface area contributed by atoms with Crippen molar-refractivity contribution in [1.82, 2.24) is 0 Å². The summed E-state index contributed by atoms with van der Waals surface area (Å²) in [5.41, 5.74) is 1.69. The fraction of sp³-hybridized carbons (Fsp3) is 0. The number of halogens is 1. The van der Waals surface area contributed by atoms with Crippen molar-refractivity contribution < 1.29 is 14.7 Å². The molecule has 3 aromatic carbocycles. The molecule has 0 bridgehead atoms. The van der Waals surface area contributed by atoms with E-state index in [-0.39, 0.29) is 16.4 Å². The molecule has 1 fully saturated rings. The van der Waals surface area contributed by atoms with Crippen LogP contribution in [-0.2, 0) is 9.59 Å². The van der Waals surface area contributed by atoms with Crippen LogP contribution in [0, 0.1) is 0 Å². The maximum Gasteiger partial charge on any atom is 0.270 e. The Labute approximate surface area is 187 Å².